The summed E-state index contributed by atoms with van der Waals surface area (Å²) >= 11 is 0. The van der Waals surface area contributed by atoms with Gasteiger partial charge in [0, 0.05) is 17.5 Å². The molecule has 4 aromatic carbocycles. The second-order valence-electron chi connectivity index (χ2n) is 7.31. The van der Waals surface area contributed by atoms with Gasteiger partial charge in [-0.25, -0.2) is 4.98 Å². The fraction of sp³-hybridized carbons (Fsp3) is 0. The first kappa shape index (κ1) is 19.4. The monoisotopic (exact) mass is 419 g/mol. The summed E-state index contributed by atoms with van der Waals surface area (Å²) < 4.78 is 1.60. The number of hydrogen-bond donors (Lipinski definition) is 0. The Bertz CT molecular complexity index is 1580. The Hall–Kier alpha value is -4.58. The van der Waals surface area contributed by atoms with Crippen LogP contribution in [-0.2, 0) is 0 Å². The first-order valence-corrected chi connectivity index (χ1v) is 10.0. The number of non-ortho nitro benzene ring substituents is 1. The molecule has 0 amide bonds. The van der Waals surface area contributed by atoms with E-state index in [2.05, 4.69) is 0 Å². The highest BCUT2D eigenvalue weighted by molar-refractivity contribution is 5.91. The summed E-state index contributed by atoms with van der Waals surface area (Å²) in [4.78, 5) is 29.0. The van der Waals surface area contributed by atoms with Crippen molar-refractivity contribution in [2.45, 2.75) is 0 Å². The second-order valence-corrected chi connectivity index (χ2v) is 7.31. The molecule has 0 spiro atoms. The first-order chi connectivity index (χ1) is 15.6. The molecular weight excluding hydrogens is 402 g/mol. The van der Waals surface area contributed by atoms with Crippen molar-refractivity contribution in [1.82, 2.24) is 9.55 Å². The van der Waals surface area contributed by atoms with Crippen LogP contribution >= 0.6 is 0 Å². The van der Waals surface area contributed by atoms with Crippen LogP contribution in [0.4, 0.5) is 5.69 Å². The molecule has 1 aromatic heterocycles. The lowest BCUT2D eigenvalue weighted by molar-refractivity contribution is -0.384. The predicted octanol–water partition coefficient (Wildman–Crippen LogP) is 5.62. The lowest BCUT2D eigenvalue weighted by Gasteiger charge is -2.14. The first-order valence-electron chi connectivity index (χ1n) is 10.0. The molecule has 5 rings (SSSR count). The van der Waals surface area contributed by atoms with Gasteiger partial charge in [-0.15, -0.1) is 0 Å². The lowest BCUT2D eigenvalue weighted by atomic mass is 10.1. The molecule has 0 saturated carbocycles. The van der Waals surface area contributed by atoms with Gasteiger partial charge in [0.1, 0.15) is 5.82 Å². The zero-order chi connectivity index (χ0) is 22.1. The molecule has 0 bridgehead atoms. The van der Waals surface area contributed by atoms with Crippen LogP contribution in [0.15, 0.2) is 95.8 Å². The van der Waals surface area contributed by atoms with Crippen LogP contribution in [-0.4, -0.2) is 14.5 Å². The average molecular weight is 419 g/mol. The van der Waals surface area contributed by atoms with Gasteiger partial charge in [-0.1, -0.05) is 66.7 Å². The van der Waals surface area contributed by atoms with Crippen LogP contribution in [0.2, 0.25) is 0 Å². The van der Waals surface area contributed by atoms with Crippen molar-refractivity contribution in [3.8, 4) is 5.69 Å². The number of fused-ring (bicyclic) bond motifs is 2. The van der Waals surface area contributed by atoms with Gasteiger partial charge in [-0.3, -0.25) is 19.5 Å². The van der Waals surface area contributed by atoms with E-state index in [9.17, 15) is 14.9 Å². The minimum atomic E-state index is -0.433. The van der Waals surface area contributed by atoms with Gasteiger partial charge in [-0.05, 0) is 35.2 Å². The zero-order valence-corrected chi connectivity index (χ0v) is 16.9. The maximum atomic E-state index is 13.5. The van der Waals surface area contributed by atoms with E-state index in [0.717, 1.165) is 16.5 Å². The largest absolute Gasteiger partial charge is 0.270 e. The Morgan fingerprint density at radius 1 is 0.812 bits per heavy atom. The van der Waals surface area contributed by atoms with Gasteiger partial charge in [0.15, 0.2) is 0 Å². The van der Waals surface area contributed by atoms with E-state index in [4.69, 9.17) is 4.98 Å². The third kappa shape index (κ3) is 3.44. The highest BCUT2D eigenvalue weighted by Gasteiger charge is 2.13. The maximum Gasteiger partial charge on any atom is 0.270 e. The highest BCUT2D eigenvalue weighted by Crippen LogP contribution is 2.24. The molecule has 0 aliphatic rings. The van der Waals surface area contributed by atoms with Crippen LogP contribution in [0.1, 0.15) is 11.4 Å². The molecule has 1 heterocycles. The summed E-state index contributed by atoms with van der Waals surface area (Å²) in [6.45, 7) is 0. The van der Waals surface area contributed by atoms with Crippen LogP contribution < -0.4 is 5.56 Å². The highest BCUT2D eigenvalue weighted by atomic mass is 16.6. The molecule has 32 heavy (non-hydrogen) atoms. The minimum Gasteiger partial charge on any atom is -0.268 e. The summed E-state index contributed by atoms with van der Waals surface area (Å²) in [5, 5.41) is 13.6. The number of rotatable bonds is 4. The molecule has 154 valence electrons. The summed E-state index contributed by atoms with van der Waals surface area (Å²) in [6, 6.07) is 27.2. The smallest absolute Gasteiger partial charge is 0.268 e. The van der Waals surface area contributed by atoms with Crippen molar-refractivity contribution < 1.29 is 4.92 Å². The topological polar surface area (TPSA) is 78.0 Å². The maximum absolute atomic E-state index is 13.5. The Labute approximate surface area is 182 Å². The van der Waals surface area contributed by atoms with Crippen molar-refractivity contribution in [3.63, 3.8) is 0 Å². The fourth-order valence-electron chi connectivity index (χ4n) is 3.81. The molecule has 6 heteroatoms. The number of nitro groups is 1. The van der Waals surface area contributed by atoms with E-state index < -0.39 is 4.92 Å². The Kier molecular flexibility index (Phi) is 4.80. The van der Waals surface area contributed by atoms with Crippen molar-refractivity contribution in [2.75, 3.05) is 0 Å². The second kappa shape index (κ2) is 7.92. The minimum absolute atomic E-state index is 0.00469. The molecule has 6 nitrogen and oxygen atoms in total. The standard InChI is InChI=1S/C26H17N3O3/c30-26-22-12-3-4-13-23(22)27-25(16-15-18-7-5-10-20(17-18)29(31)32)28(26)24-14-6-9-19-8-1-2-11-21(19)24/h1-17H/b16-15+. The van der Waals surface area contributed by atoms with Gasteiger partial charge in [0.2, 0.25) is 0 Å². The normalized spacial score (nSPS) is 11.4. The molecular formula is C26H17N3O3. The molecule has 0 fully saturated rings. The van der Waals surface area contributed by atoms with Crippen molar-refractivity contribution in [1.29, 1.82) is 0 Å². The summed E-state index contributed by atoms with van der Waals surface area (Å²) in [7, 11) is 0. The predicted molar refractivity (Wildman–Crippen MR) is 127 cm³/mol. The number of aromatic nitrogens is 2. The van der Waals surface area contributed by atoms with E-state index >= 15 is 0 Å². The van der Waals surface area contributed by atoms with Crippen LogP contribution in [0.25, 0.3) is 39.5 Å². The molecule has 0 radical (unpaired) electrons. The molecule has 5 aromatic rings. The van der Waals surface area contributed by atoms with Crippen molar-refractivity contribution >= 4 is 39.5 Å². The molecule has 0 N–H and O–H groups in total. The summed E-state index contributed by atoms with van der Waals surface area (Å²) in [5.41, 5.74) is 1.79. The van der Waals surface area contributed by atoms with Crippen LogP contribution in [0.5, 0.6) is 0 Å². The molecule has 0 unspecified atom stereocenters. The van der Waals surface area contributed by atoms with Crippen molar-refractivity contribution in [3.05, 3.63) is 123 Å². The number of para-hydroxylation sites is 1. The lowest BCUT2D eigenvalue weighted by Crippen LogP contribution is -2.22. The Morgan fingerprint density at radius 2 is 1.53 bits per heavy atom. The van der Waals surface area contributed by atoms with Crippen molar-refractivity contribution in [2.24, 2.45) is 0 Å². The van der Waals surface area contributed by atoms with Crippen LogP contribution in [0, 0.1) is 10.1 Å². The number of benzene rings is 4. The zero-order valence-electron chi connectivity index (χ0n) is 16.9. The van der Waals surface area contributed by atoms with Gasteiger partial charge in [-0.2, -0.15) is 0 Å². The third-order valence-corrected chi connectivity index (χ3v) is 5.32. The van der Waals surface area contributed by atoms with Crippen LogP contribution in [0.3, 0.4) is 0 Å². The molecule has 0 atom stereocenters. The van der Waals surface area contributed by atoms with E-state index in [1.54, 1.807) is 41.0 Å². The van der Waals surface area contributed by atoms with Gasteiger partial charge in [0.05, 0.1) is 21.5 Å². The Morgan fingerprint density at radius 3 is 2.38 bits per heavy atom. The SMILES string of the molecule is O=c1c2ccccc2nc(/C=C/c2cccc([N+](=O)[O-])c2)n1-c1cccc2ccccc12. The third-order valence-electron chi connectivity index (χ3n) is 5.32. The molecule has 0 saturated heterocycles. The van der Waals surface area contributed by atoms with Gasteiger partial charge < -0.3 is 0 Å². The fourth-order valence-corrected chi connectivity index (χ4v) is 3.81. The van der Waals surface area contributed by atoms with E-state index in [1.165, 1.54) is 12.1 Å². The van der Waals surface area contributed by atoms with Gasteiger partial charge >= 0.3 is 0 Å². The van der Waals surface area contributed by atoms with E-state index in [0.29, 0.717) is 22.3 Å². The number of nitrogens with zero attached hydrogens (tertiary/aromatic N) is 3. The number of nitro benzene ring substituents is 1. The summed E-state index contributed by atoms with van der Waals surface area (Å²) in [6.07, 6.45) is 3.44. The number of hydrogen-bond acceptors (Lipinski definition) is 4. The Balaban J connectivity index is 1.76. The molecule has 0 aliphatic carbocycles. The van der Waals surface area contributed by atoms with E-state index in [-0.39, 0.29) is 11.2 Å². The quantitative estimate of drug-likeness (QED) is 0.280. The molecule has 0 aliphatic heterocycles. The average Bonchev–Trinajstić information content (AvgIpc) is 2.83. The summed E-state index contributed by atoms with van der Waals surface area (Å²) in [5.74, 6) is 0.441. The van der Waals surface area contributed by atoms with E-state index in [1.807, 2.05) is 54.6 Å². The van der Waals surface area contributed by atoms with Gasteiger partial charge in [0.25, 0.3) is 11.2 Å².